The molecule has 2 amide bonds. The quantitative estimate of drug-likeness (QED) is 0.738. The van der Waals surface area contributed by atoms with E-state index in [0.717, 1.165) is 5.56 Å². The van der Waals surface area contributed by atoms with Crippen LogP contribution in [0.1, 0.15) is 26.3 Å². The molecule has 0 spiro atoms. The molecule has 0 radical (unpaired) electrons. The third kappa shape index (κ3) is 2.29. The van der Waals surface area contributed by atoms with Gasteiger partial charge in [0, 0.05) is 24.5 Å². The zero-order valence-electron chi connectivity index (χ0n) is 11.5. The van der Waals surface area contributed by atoms with Crippen LogP contribution in [0.2, 0.25) is 0 Å². The lowest BCUT2D eigenvalue weighted by Crippen LogP contribution is -2.19. The maximum atomic E-state index is 11.7. The number of nitrogens with zero attached hydrogens (tertiary/aromatic N) is 2. The highest BCUT2D eigenvalue weighted by atomic mass is 16.2. The molecular formula is C14H13N5O2. The summed E-state index contributed by atoms with van der Waals surface area (Å²) in [6.07, 6.45) is 1.70. The molecule has 106 valence electrons. The molecule has 0 bridgehead atoms. The Morgan fingerprint density at radius 2 is 1.90 bits per heavy atom. The van der Waals surface area contributed by atoms with Gasteiger partial charge in [-0.05, 0) is 25.1 Å². The third-order valence-corrected chi connectivity index (χ3v) is 3.19. The number of aryl methyl sites for hydroxylation is 1. The number of carbonyl (C=O) groups excluding carboxylic acids is 2. The van der Waals surface area contributed by atoms with Crippen molar-refractivity contribution < 1.29 is 9.59 Å². The van der Waals surface area contributed by atoms with Gasteiger partial charge in [0.15, 0.2) is 0 Å². The monoisotopic (exact) mass is 283 g/mol. The van der Waals surface area contributed by atoms with Gasteiger partial charge in [0.2, 0.25) is 5.95 Å². The Kier molecular flexibility index (Phi) is 3.02. The molecule has 1 aliphatic rings. The van der Waals surface area contributed by atoms with E-state index in [1.54, 1.807) is 31.4 Å². The Bertz CT molecular complexity index is 757. The number of nitrogens with one attached hydrogen (secondary N) is 3. The minimum absolute atomic E-state index is 0.364. The van der Waals surface area contributed by atoms with Gasteiger partial charge in [-0.1, -0.05) is 0 Å². The fourth-order valence-electron chi connectivity index (χ4n) is 2.07. The maximum Gasteiger partial charge on any atom is 0.259 e. The largest absolute Gasteiger partial charge is 0.357 e. The van der Waals surface area contributed by atoms with Gasteiger partial charge >= 0.3 is 0 Å². The molecule has 0 saturated carbocycles. The summed E-state index contributed by atoms with van der Waals surface area (Å²) in [5.74, 6) is 0.391. The predicted octanol–water partition coefficient (Wildman–Crippen LogP) is 1.45. The van der Waals surface area contributed by atoms with E-state index < -0.39 is 0 Å². The molecule has 0 unspecified atom stereocenters. The molecule has 2 heterocycles. The first-order valence-electron chi connectivity index (χ1n) is 6.36. The van der Waals surface area contributed by atoms with E-state index in [0.29, 0.717) is 28.6 Å². The van der Waals surface area contributed by atoms with Gasteiger partial charge in [-0.2, -0.15) is 4.98 Å². The van der Waals surface area contributed by atoms with Gasteiger partial charge < -0.3 is 10.6 Å². The average molecular weight is 283 g/mol. The number of hydrogen-bond donors (Lipinski definition) is 3. The van der Waals surface area contributed by atoms with Crippen molar-refractivity contribution in [3.63, 3.8) is 0 Å². The second-order valence-electron chi connectivity index (χ2n) is 4.64. The van der Waals surface area contributed by atoms with Crippen LogP contribution in [0.3, 0.4) is 0 Å². The Balaban J connectivity index is 1.95. The molecule has 0 saturated heterocycles. The van der Waals surface area contributed by atoms with Gasteiger partial charge in [-0.3, -0.25) is 14.9 Å². The summed E-state index contributed by atoms with van der Waals surface area (Å²) in [5.41, 5.74) is 2.31. The van der Waals surface area contributed by atoms with Crippen molar-refractivity contribution in [3.05, 3.63) is 41.1 Å². The molecule has 7 heteroatoms. The fraction of sp³-hybridized carbons (Fsp3) is 0.143. The Hall–Kier alpha value is -2.96. The van der Waals surface area contributed by atoms with Crippen molar-refractivity contribution in [2.75, 3.05) is 17.7 Å². The summed E-state index contributed by atoms with van der Waals surface area (Å²) < 4.78 is 0. The van der Waals surface area contributed by atoms with Crippen LogP contribution in [0.5, 0.6) is 0 Å². The van der Waals surface area contributed by atoms with E-state index in [4.69, 9.17) is 0 Å². The van der Waals surface area contributed by atoms with Crippen molar-refractivity contribution in [1.29, 1.82) is 0 Å². The van der Waals surface area contributed by atoms with Crippen LogP contribution in [0.4, 0.5) is 17.5 Å². The molecule has 1 aromatic carbocycles. The molecule has 1 aromatic heterocycles. The normalized spacial score (nSPS) is 12.9. The lowest BCUT2D eigenvalue weighted by atomic mass is 10.1. The molecule has 7 nitrogen and oxygen atoms in total. The zero-order valence-corrected chi connectivity index (χ0v) is 11.5. The number of anilines is 3. The highest BCUT2D eigenvalue weighted by Gasteiger charge is 2.26. The minimum atomic E-state index is -0.381. The lowest BCUT2D eigenvalue weighted by Gasteiger charge is -2.10. The minimum Gasteiger partial charge on any atom is -0.357 e. The van der Waals surface area contributed by atoms with E-state index in [1.165, 1.54) is 0 Å². The van der Waals surface area contributed by atoms with Crippen molar-refractivity contribution in [2.45, 2.75) is 6.92 Å². The number of imide groups is 1. The second-order valence-corrected chi connectivity index (χ2v) is 4.64. The summed E-state index contributed by atoms with van der Waals surface area (Å²) >= 11 is 0. The summed E-state index contributed by atoms with van der Waals surface area (Å²) in [7, 11) is 1.74. The van der Waals surface area contributed by atoms with Crippen molar-refractivity contribution >= 4 is 29.3 Å². The summed E-state index contributed by atoms with van der Waals surface area (Å²) in [6.45, 7) is 1.88. The van der Waals surface area contributed by atoms with E-state index >= 15 is 0 Å². The molecule has 0 fully saturated rings. The van der Waals surface area contributed by atoms with E-state index in [9.17, 15) is 9.59 Å². The van der Waals surface area contributed by atoms with Gasteiger partial charge in [0.05, 0.1) is 11.1 Å². The first-order valence-corrected chi connectivity index (χ1v) is 6.36. The smallest absolute Gasteiger partial charge is 0.259 e. The standard InChI is InChI=1S/C14H13N5O2/c1-7-6-16-14(15-2)18-11(7)17-8-3-4-9-10(5-8)13(21)19-12(9)20/h3-6H,1-2H3,(H,19,20,21)(H2,15,16,17,18). The number of carbonyl (C=O) groups is 2. The maximum absolute atomic E-state index is 11.7. The zero-order chi connectivity index (χ0) is 15.0. The number of rotatable bonds is 3. The third-order valence-electron chi connectivity index (χ3n) is 3.19. The van der Waals surface area contributed by atoms with Crippen molar-refractivity contribution in [1.82, 2.24) is 15.3 Å². The van der Waals surface area contributed by atoms with Gasteiger partial charge in [0.1, 0.15) is 5.82 Å². The number of amides is 2. The van der Waals surface area contributed by atoms with Crippen LogP contribution in [0.25, 0.3) is 0 Å². The Morgan fingerprint density at radius 1 is 1.14 bits per heavy atom. The molecule has 3 rings (SSSR count). The fourth-order valence-corrected chi connectivity index (χ4v) is 2.07. The molecule has 0 aliphatic carbocycles. The number of fused-ring (bicyclic) bond motifs is 1. The Morgan fingerprint density at radius 3 is 2.67 bits per heavy atom. The second kappa shape index (κ2) is 4.86. The number of hydrogen-bond acceptors (Lipinski definition) is 6. The van der Waals surface area contributed by atoms with Crippen LogP contribution in [0, 0.1) is 6.92 Å². The van der Waals surface area contributed by atoms with Gasteiger partial charge in [0.25, 0.3) is 11.8 Å². The molecule has 21 heavy (non-hydrogen) atoms. The summed E-state index contributed by atoms with van der Waals surface area (Å²) in [4.78, 5) is 31.6. The van der Waals surface area contributed by atoms with E-state index in [-0.39, 0.29) is 11.8 Å². The van der Waals surface area contributed by atoms with Crippen LogP contribution < -0.4 is 16.0 Å². The number of benzene rings is 1. The van der Waals surface area contributed by atoms with Crippen LogP contribution in [0.15, 0.2) is 24.4 Å². The molecule has 0 atom stereocenters. The van der Waals surface area contributed by atoms with Crippen LogP contribution in [-0.2, 0) is 0 Å². The van der Waals surface area contributed by atoms with E-state index in [2.05, 4.69) is 25.9 Å². The first kappa shape index (κ1) is 13.0. The van der Waals surface area contributed by atoms with Gasteiger partial charge in [-0.15, -0.1) is 0 Å². The predicted molar refractivity (Wildman–Crippen MR) is 77.8 cm³/mol. The molecule has 1 aliphatic heterocycles. The SMILES string of the molecule is CNc1ncc(C)c(Nc2ccc3c(c2)C(=O)NC3=O)n1. The topological polar surface area (TPSA) is 96.0 Å². The lowest BCUT2D eigenvalue weighted by molar-refractivity contribution is 0.0879. The van der Waals surface area contributed by atoms with Crippen molar-refractivity contribution in [2.24, 2.45) is 0 Å². The summed E-state index contributed by atoms with van der Waals surface area (Å²) in [6, 6.07) is 4.99. The first-order chi connectivity index (χ1) is 10.1. The highest BCUT2D eigenvalue weighted by Crippen LogP contribution is 2.24. The van der Waals surface area contributed by atoms with Crippen LogP contribution >= 0.6 is 0 Å². The average Bonchev–Trinajstić information content (AvgIpc) is 2.76. The molecule has 2 aromatic rings. The van der Waals surface area contributed by atoms with Crippen LogP contribution in [-0.4, -0.2) is 28.8 Å². The molecular weight excluding hydrogens is 270 g/mol. The Labute approximate surface area is 120 Å². The highest BCUT2D eigenvalue weighted by molar-refractivity contribution is 6.21. The van der Waals surface area contributed by atoms with E-state index in [1.807, 2.05) is 6.92 Å². The summed E-state index contributed by atoms with van der Waals surface area (Å²) in [5, 5.41) is 8.26. The van der Waals surface area contributed by atoms with Crippen molar-refractivity contribution in [3.8, 4) is 0 Å². The number of aromatic nitrogens is 2. The van der Waals surface area contributed by atoms with Gasteiger partial charge in [-0.25, -0.2) is 4.98 Å². The molecule has 3 N–H and O–H groups in total.